The SMILES string of the molecule is CO.CO.CO[B@@-]12OC(=O)[C@H](O1)[C@H]1O[B@@-](OC)(OC1=O)c1ccccc1C[NH+]([C@@H](C)c1ccccc1)Cc1c3ccccc3c(c3ccccc13)C[NH+]([C@@H](C)c1ccccc1)Cc1ccccc12. The van der Waals surface area contributed by atoms with Gasteiger partial charge in [-0.05, 0) is 60.7 Å². The predicted octanol–water partition coefficient (Wildman–Crippen LogP) is 4.38. The average Bonchev–Trinajstić information content (AvgIpc) is 3.94. The molecule has 68 heavy (non-hydrogen) atoms. The molecule has 7 aromatic carbocycles. The summed E-state index contributed by atoms with van der Waals surface area (Å²) in [4.78, 5) is 30.7. The lowest BCUT2D eigenvalue weighted by Gasteiger charge is -2.38. The number of fused-ring (bicyclic) bond motifs is 4. The molecule has 8 atom stereocenters. The Morgan fingerprint density at radius 1 is 0.471 bits per heavy atom. The number of carbonyl (C=O) groups excluding carboxylic acids is 2. The Kier molecular flexibility index (Phi) is 14.9. The highest BCUT2D eigenvalue weighted by molar-refractivity contribution is 6.79. The Bertz CT molecular complexity index is 2620. The quantitative estimate of drug-likeness (QED) is 0.141. The molecule has 0 spiro atoms. The van der Waals surface area contributed by atoms with Gasteiger partial charge in [-0.3, -0.25) is 9.59 Å². The van der Waals surface area contributed by atoms with Crippen molar-refractivity contribution in [2.24, 2.45) is 0 Å². The third kappa shape index (κ3) is 8.98. The van der Waals surface area contributed by atoms with Gasteiger partial charge in [-0.1, -0.05) is 169 Å². The molecule has 11 rings (SSSR count). The first-order valence-corrected chi connectivity index (χ1v) is 23.2. The smallest absolute Gasteiger partial charge is 0.468 e. The Hall–Kier alpha value is -6.19. The van der Waals surface area contributed by atoms with Crippen LogP contribution < -0.4 is 20.7 Å². The molecule has 4 N–H and O–H groups in total. The Morgan fingerprint density at radius 3 is 1.12 bits per heavy atom. The maximum absolute atomic E-state index is 14.1. The van der Waals surface area contributed by atoms with Gasteiger partial charge in [0.15, 0.2) is 0 Å². The largest absolute Gasteiger partial charge is 0.638 e. The number of benzene rings is 7. The number of aliphatic hydroxyl groups is 2. The van der Waals surface area contributed by atoms with Crippen molar-refractivity contribution in [1.82, 2.24) is 0 Å². The highest BCUT2D eigenvalue weighted by atomic mass is 16.8. The molecule has 0 amide bonds. The van der Waals surface area contributed by atoms with Gasteiger partial charge >= 0.3 is 13.5 Å². The second-order valence-corrected chi connectivity index (χ2v) is 17.5. The lowest BCUT2D eigenvalue weighted by molar-refractivity contribution is -0.956. The van der Waals surface area contributed by atoms with Crippen LogP contribution in [0.2, 0.25) is 0 Å². The number of hydrogen-bond donors (Lipinski definition) is 4. The van der Waals surface area contributed by atoms with Crippen molar-refractivity contribution >= 4 is 57.9 Å². The molecule has 4 aliphatic rings. The van der Waals surface area contributed by atoms with Crippen LogP contribution in [0.15, 0.2) is 158 Å². The summed E-state index contributed by atoms with van der Waals surface area (Å²) >= 11 is 0. The molecule has 2 saturated heterocycles. The summed E-state index contributed by atoms with van der Waals surface area (Å²) in [6.45, 7) is 1.15. The van der Waals surface area contributed by atoms with Crippen molar-refractivity contribution in [3.05, 3.63) is 191 Å². The fourth-order valence-corrected chi connectivity index (χ4v) is 10.5. The van der Waals surface area contributed by atoms with E-state index in [1.165, 1.54) is 67.8 Å². The third-order valence-corrected chi connectivity index (χ3v) is 14.0. The summed E-state index contributed by atoms with van der Waals surface area (Å²) in [5.41, 5.74) is 7.81. The molecule has 4 heterocycles. The topological polar surface area (TPSA) is 139 Å². The molecule has 2 unspecified atom stereocenters. The van der Waals surface area contributed by atoms with E-state index in [2.05, 4.69) is 111 Å². The predicted molar refractivity (Wildman–Crippen MR) is 264 cm³/mol. The maximum atomic E-state index is 14.1. The third-order valence-electron chi connectivity index (χ3n) is 14.0. The molecule has 0 aliphatic carbocycles. The number of nitrogens with one attached hydrogen (secondary N) is 2. The van der Waals surface area contributed by atoms with Crippen LogP contribution in [-0.2, 0) is 63.7 Å². The summed E-state index contributed by atoms with van der Waals surface area (Å²) in [5, 5.41) is 18.8. The summed E-state index contributed by atoms with van der Waals surface area (Å²) in [7, 11) is 4.92. The number of rotatable bonds is 6. The second kappa shape index (κ2) is 21.0. The first kappa shape index (κ1) is 48.3. The van der Waals surface area contributed by atoms with E-state index in [1.807, 2.05) is 60.7 Å². The molecule has 4 aliphatic heterocycles. The number of quaternary nitrogens is 2. The van der Waals surface area contributed by atoms with E-state index in [1.54, 1.807) is 0 Å². The monoisotopic (exact) mass is 918 g/mol. The summed E-state index contributed by atoms with van der Waals surface area (Å²) in [6, 6.07) is 54.4. The first-order chi connectivity index (χ1) is 33.2. The van der Waals surface area contributed by atoms with Crippen molar-refractivity contribution in [3.63, 3.8) is 0 Å². The standard InChI is InChI=1S/C52H50B2N2O8.2CH4O/c1-35(37-19-7-5-8-20-37)55-31-39-23-11-17-29-47(39)53(59-3)61-49(51(57)63-53)50-52(58)64-54(60-4,62-50)48-30-18-12-24-40(48)32-56(36(2)38-21-9-6-10-22-38)34-46-43-27-15-13-25-41(43)45(33-55)42-26-14-16-28-44(42)46;2*1-2/h5-30,35-36,49-50H,31-34H2,1-4H3;2*2H,1H3/q-2;;/p+2/t35-,36-,49+,50+,53+,54+;;/m0../s1. The van der Waals surface area contributed by atoms with Crippen LogP contribution in [0.3, 0.4) is 0 Å². The van der Waals surface area contributed by atoms with Crippen LogP contribution >= 0.6 is 0 Å². The van der Waals surface area contributed by atoms with Crippen LogP contribution in [-0.4, -0.2) is 76.3 Å². The van der Waals surface area contributed by atoms with E-state index in [9.17, 15) is 9.59 Å². The Labute approximate surface area is 397 Å². The molecule has 352 valence electrons. The minimum absolute atomic E-state index is 0.0351. The van der Waals surface area contributed by atoms with E-state index >= 15 is 0 Å². The van der Waals surface area contributed by atoms with Gasteiger partial charge in [0.25, 0.3) is 11.9 Å². The van der Waals surface area contributed by atoms with E-state index in [-0.39, 0.29) is 12.1 Å². The highest BCUT2D eigenvalue weighted by Crippen LogP contribution is 2.35. The number of aliphatic hydroxyl groups excluding tert-OH is 2. The Morgan fingerprint density at radius 2 is 0.779 bits per heavy atom. The number of hydrogen-bond acceptors (Lipinski definition) is 10. The Balaban J connectivity index is 0.00000152. The fourth-order valence-electron chi connectivity index (χ4n) is 10.5. The molecule has 0 saturated carbocycles. The van der Waals surface area contributed by atoms with Crippen molar-refractivity contribution in [2.75, 3.05) is 28.4 Å². The molecule has 7 aromatic rings. The van der Waals surface area contributed by atoms with Crippen LogP contribution in [0.1, 0.15) is 59.3 Å². The van der Waals surface area contributed by atoms with E-state index in [4.69, 9.17) is 38.1 Å². The minimum Gasteiger partial charge on any atom is -0.638 e. The second-order valence-electron chi connectivity index (χ2n) is 17.5. The lowest BCUT2D eigenvalue weighted by Crippen LogP contribution is -3.09. The van der Waals surface area contributed by atoms with E-state index in [0.717, 1.165) is 25.3 Å². The molecule has 6 bridgehead atoms. The van der Waals surface area contributed by atoms with Crippen LogP contribution in [0.5, 0.6) is 0 Å². The fraction of sp³-hybridized carbons (Fsp3) is 0.259. The zero-order valence-corrected chi connectivity index (χ0v) is 39.5. The normalized spacial score (nSPS) is 24.2. The van der Waals surface area contributed by atoms with Gasteiger partial charge in [-0.15, -0.1) is 0 Å². The molecule has 0 radical (unpaired) electrons. The van der Waals surface area contributed by atoms with Crippen LogP contribution in [0.25, 0.3) is 21.5 Å². The zero-order valence-electron chi connectivity index (χ0n) is 39.5. The first-order valence-electron chi connectivity index (χ1n) is 23.2. The summed E-state index contributed by atoms with van der Waals surface area (Å²) in [5.74, 6) is -1.57. The van der Waals surface area contributed by atoms with Crippen molar-refractivity contribution in [2.45, 2.75) is 64.3 Å². The van der Waals surface area contributed by atoms with Gasteiger partial charge in [0.2, 0.25) is 0 Å². The minimum atomic E-state index is -2.89. The lowest BCUT2D eigenvalue weighted by atomic mass is 9.66. The van der Waals surface area contributed by atoms with E-state index < -0.39 is 37.7 Å². The molecule has 0 aromatic heterocycles. The van der Waals surface area contributed by atoms with Crippen LogP contribution in [0.4, 0.5) is 0 Å². The molecule has 12 nitrogen and oxygen atoms in total. The van der Waals surface area contributed by atoms with Crippen molar-refractivity contribution < 1.29 is 57.5 Å². The van der Waals surface area contributed by atoms with Gasteiger partial charge in [0.05, 0.1) is 0 Å². The van der Waals surface area contributed by atoms with Crippen LogP contribution in [0, 0.1) is 0 Å². The van der Waals surface area contributed by atoms with Gasteiger partial charge in [0.1, 0.15) is 50.5 Å². The van der Waals surface area contributed by atoms with Crippen molar-refractivity contribution in [1.29, 1.82) is 0 Å². The van der Waals surface area contributed by atoms with Gasteiger partial charge in [-0.2, -0.15) is 0 Å². The maximum Gasteiger partial charge on any atom is 0.468 e. The van der Waals surface area contributed by atoms with Gasteiger partial charge in [0, 0.05) is 36.5 Å². The highest BCUT2D eigenvalue weighted by Gasteiger charge is 2.57. The number of carbonyl (C=O) groups is 2. The zero-order chi connectivity index (χ0) is 48.0. The van der Waals surface area contributed by atoms with Gasteiger partial charge < -0.3 is 47.9 Å². The summed E-state index contributed by atoms with van der Waals surface area (Å²) in [6.07, 6.45) is -2.97. The van der Waals surface area contributed by atoms with E-state index in [0.29, 0.717) is 37.1 Å². The van der Waals surface area contributed by atoms with Gasteiger partial charge in [-0.25, -0.2) is 0 Å². The molecule has 14 heteroatoms. The molecular weight excluding hydrogens is 858 g/mol. The molecular formula is C54H60B2N2O10. The average molecular weight is 919 g/mol. The molecule has 2 fully saturated rings. The summed E-state index contributed by atoms with van der Waals surface area (Å²) < 4.78 is 37.8. The van der Waals surface area contributed by atoms with Crippen molar-refractivity contribution in [3.8, 4) is 0 Å².